The smallest absolute Gasteiger partial charge is 0.416 e. The Balaban J connectivity index is 1.84. The van der Waals surface area contributed by atoms with Crippen molar-refractivity contribution in [2.75, 3.05) is 0 Å². The maximum Gasteiger partial charge on any atom is 0.416 e. The second-order valence-electron chi connectivity index (χ2n) is 5.77. The Morgan fingerprint density at radius 1 is 0.931 bits per heavy atom. The maximum absolute atomic E-state index is 13.1. The zero-order valence-corrected chi connectivity index (χ0v) is 14.4. The summed E-state index contributed by atoms with van der Waals surface area (Å²) < 4.78 is 85.3. The van der Waals surface area contributed by atoms with E-state index in [2.05, 4.69) is 15.0 Å². The highest BCUT2D eigenvalue weighted by molar-refractivity contribution is 5.39. The Hall–Kier alpha value is -3.15. The van der Waals surface area contributed by atoms with E-state index in [1.54, 1.807) is 0 Å². The van der Waals surface area contributed by atoms with E-state index in [-0.39, 0.29) is 18.3 Å². The predicted molar refractivity (Wildman–Crippen MR) is 85.9 cm³/mol. The SMILES string of the molecule is OCc1cn(-c2ncc(OCc3c(C(F)(F)F)cccc3C(F)(F)F)cn2)cn1. The average Bonchev–Trinajstić information content (AvgIpc) is 3.14. The fraction of sp³-hybridized carbons (Fsp3) is 0.235. The first-order valence-electron chi connectivity index (χ1n) is 7.95. The average molecular weight is 418 g/mol. The van der Waals surface area contributed by atoms with Gasteiger partial charge in [0.25, 0.3) is 0 Å². The highest BCUT2D eigenvalue weighted by Crippen LogP contribution is 2.39. The first-order chi connectivity index (χ1) is 13.6. The third-order valence-corrected chi connectivity index (χ3v) is 3.81. The summed E-state index contributed by atoms with van der Waals surface area (Å²) in [6.45, 7) is -1.28. The van der Waals surface area contributed by atoms with Crippen LogP contribution in [0.2, 0.25) is 0 Å². The van der Waals surface area contributed by atoms with E-state index in [9.17, 15) is 26.3 Å². The summed E-state index contributed by atoms with van der Waals surface area (Å²) in [6.07, 6.45) is -4.98. The fourth-order valence-corrected chi connectivity index (χ4v) is 2.50. The number of benzene rings is 1. The molecule has 0 fully saturated rings. The van der Waals surface area contributed by atoms with Crippen molar-refractivity contribution in [3.63, 3.8) is 0 Å². The zero-order valence-electron chi connectivity index (χ0n) is 14.4. The molecule has 1 N–H and O–H groups in total. The third-order valence-electron chi connectivity index (χ3n) is 3.81. The number of nitrogens with zero attached hydrogens (tertiary/aromatic N) is 4. The molecule has 1 aromatic carbocycles. The van der Waals surface area contributed by atoms with Gasteiger partial charge in [0.05, 0.1) is 35.8 Å². The van der Waals surface area contributed by atoms with E-state index in [0.717, 1.165) is 12.4 Å². The predicted octanol–water partition coefficient (Wildman–Crippen LogP) is 3.77. The Kier molecular flexibility index (Phi) is 5.46. The fourth-order valence-electron chi connectivity index (χ4n) is 2.50. The molecule has 0 atom stereocenters. The molecular formula is C17H12F6N4O2. The molecule has 0 unspecified atom stereocenters. The molecular weight excluding hydrogens is 406 g/mol. The van der Waals surface area contributed by atoms with Crippen molar-refractivity contribution in [1.82, 2.24) is 19.5 Å². The number of halogens is 6. The molecule has 6 nitrogen and oxygen atoms in total. The summed E-state index contributed by atoms with van der Waals surface area (Å²) in [5.74, 6) is -0.00225. The van der Waals surface area contributed by atoms with Gasteiger partial charge in [0, 0.05) is 11.8 Å². The van der Waals surface area contributed by atoms with Gasteiger partial charge in [-0.25, -0.2) is 15.0 Å². The lowest BCUT2D eigenvalue weighted by Gasteiger charge is -2.18. The molecule has 2 heterocycles. The largest absolute Gasteiger partial charge is 0.486 e. The molecule has 0 radical (unpaired) electrons. The van der Waals surface area contributed by atoms with Crippen LogP contribution in [0.4, 0.5) is 26.3 Å². The number of aromatic nitrogens is 4. The van der Waals surface area contributed by atoms with Crippen molar-refractivity contribution in [2.24, 2.45) is 0 Å². The van der Waals surface area contributed by atoms with Gasteiger partial charge in [-0.1, -0.05) is 6.07 Å². The van der Waals surface area contributed by atoms with Gasteiger partial charge in [-0.15, -0.1) is 0 Å². The summed E-state index contributed by atoms with van der Waals surface area (Å²) in [6, 6.07) is 1.81. The lowest BCUT2D eigenvalue weighted by Crippen LogP contribution is -2.18. The molecule has 0 aliphatic heterocycles. The van der Waals surface area contributed by atoms with Crippen LogP contribution < -0.4 is 4.74 Å². The summed E-state index contributed by atoms with van der Waals surface area (Å²) in [5.41, 5.74) is -3.53. The van der Waals surface area contributed by atoms with Crippen LogP contribution in [0.5, 0.6) is 5.75 Å². The van der Waals surface area contributed by atoms with E-state index in [0.29, 0.717) is 23.9 Å². The van der Waals surface area contributed by atoms with E-state index in [4.69, 9.17) is 9.84 Å². The zero-order chi connectivity index (χ0) is 21.2. The monoisotopic (exact) mass is 418 g/mol. The Labute approximate surface area is 159 Å². The molecule has 154 valence electrons. The van der Waals surface area contributed by atoms with Crippen molar-refractivity contribution in [3.8, 4) is 11.7 Å². The minimum absolute atomic E-state index is 0.122. The van der Waals surface area contributed by atoms with Crippen molar-refractivity contribution >= 4 is 0 Å². The van der Waals surface area contributed by atoms with Gasteiger partial charge in [-0.2, -0.15) is 26.3 Å². The molecule has 0 spiro atoms. The first-order valence-corrected chi connectivity index (χ1v) is 7.95. The van der Waals surface area contributed by atoms with Gasteiger partial charge >= 0.3 is 12.4 Å². The van der Waals surface area contributed by atoms with E-state index >= 15 is 0 Å². The maximum atomic E-state index is 13.1. The van der Waals surface area contributed by atoms with Gasteiger partial charge < -0.3 is 9.84 Å². The van der Waals surface area contributed by atoms with E-state index < -0.39 is 35.6 Å². The number of rotatable bonds is 5. The molecule has 2 aromatic heterocycles. The van der Waals surface area contributed by atoms with Crippen LogP contribution in [0.3, 0.4) is 0 Å². The number of ether oxygens (including phenoxy) is 1. The van der Waals surface area contributed by atoms with Gasteiger partial charge in [0.2, 0.25) is 5.95 Å². The van der Waals surface area contributed by atoms with Gasteiger partial charge in [0.1, 0.15) is 12.9 Å². The first kappa shape index (κ1) is 20.6. The van der Waals surface area contributed by atoms with Gasteiger partial charge in [0.15, 0.2) is 5.75 Å². The Morgan fingerprint density at radius 2 is 1.52 bits per heavy atom. The highest BCUT2D eigenvalue weighted by atomic mass is 19.4. The molecule has 0 aliphatic carbocycles. The number of imidazole rings is 1. The third kappa shape index (κ3) is 4.65. The number of hydrogen-bond donors (Lipinski definition) is 1. The second kappa shape index (κ2) is 7.70. The topological polar surface area (TPSA) is 73.1 Å². The van der Waals surface area contributed by atoms with Crippen LogP contribution in [0.15, 0.2) is 43.1 Å². The van der Waals surface area contributed by atoms with Crippen molar-refractivity contribution in [2.45, 2.75) is 25.6 Å². The summed E-state index contributed by atoms with van der Waals surface area (Å²) in [7, 11) is 0. The highest BCUT2D eigenvalue weighted by Gasteiger charge is 2.40. The molecule has 0 amide bonds. The quantitative estimate of drug-likeness (QED) is 0.639. The Morgan fingerprint density at radius 3 is 2.00 bits per heavy atom. The van der Waals surface area contributed by atoms with Crippen LogP contribution in [0.1, 0.15) is 22.4 Å². The van der Waals surface area contributed by atoms with E-state index in [1.807, 2.05) is 0 Å². The lowest BCUT2D eigenvalue weighted by molar-refractivity contribution is -0.145. The van der Waals surface area contributed by atoms with Gasteiger partial charge in [-0.3, -0.25) is 4.57 Å². The molecule has 3 aromatic rings. The van der Waals surface area contributed by atoms with Crippen LogP contribution >= 0.6 is 0 Å². The van der Waals surface area contributed by atoms with Crippen LogP contribution in [-0.4, -0.2) is 24.6 Å². The van der Waals surface area contributed by atoms with Crippen molar-refractivity contribution < 1.29 is 36.2 Å². The van der Waals surface area contributed by atoms with E-state index in [1.165, 1.54) is 17.1 Å². The molecule has 0 saturated carbocycles. The molecule has 0 saturated heterocycles. The second-order valence-corrected chi connectivity index (χ2v) is 5.77. The van der Waals surface area contributed by atoms with Crippen LogP contribution in [-0.2, 0) is 25.6 Å². The minimum atomic E-state index is -4.98. The number of hydrogen-bond acceptors (Lipinski definition) is 5. The van der Waals surface area contributed by atoms with Crippen LogP contribution in [0.25, 0.3) is 5.95 Å². The van der Waals surface area contributed by atoms with Gasteiger partial charge in [-0.05, 0) is 12.1 Å². The van der Waals surface area contributed by atoms with Crippen LogP contribution in [0, 0.1) is 0 Å². The summed E-state index contributed by atoms with van der Waals surface area (Å²) >= 11 is 0. The number of alkyl halides is 6. The number of aliphatic hydroxyl groups is 1. The standard InChI is InChI=1S/C17H12F6N4O2/c18-16(19,20)13-2-1-3-14(17(21,22)23)12(13)8-29-11-4-24-15(25-5-11)27-6-10(7-28)26-9-27/h1-6,9,28H,7-8H2. The molecule has 29 heavy (non-hydrogen) atoms. The molecule has 0 aliphatic rings. The van der Waals surface area contributed by atoms with Crippen molar-refractivity contribution in [3.05, 3.63) is 65.5 Å². The minimum Gasteiger partial charge on any atom is -0.486 e. The summed E-state index contributed by atoms with van der Waals surface area (Å²) in [5, 5.41) is 8.98. The molecule has 0 bridgehead atoms. The Bertz CT molecular complexity index is 951. The summed E-state index contributed by atoms with van der Waals surface area (Å²) in [4.78, 5) is 11.7. The number of aliphatic hydroxyl groups excluding tert-OH is 1. The van der Waals surface area contributed by atoms with Crippen molar-refractivity contribution in [1.29, 1.82) is 0 Å². The molecule has 3 rings (SSSR count). The lowest BCUT2D eigenvalue weighted by atomic mass is 10.0. The normalized spacial score (nSPS) is 12.2. The molecule has 12 heteroatoms.